The Morgan fingerprint density at radius 2 is 1.74 bits per heavy atom. The SMILES string of the molecule is CCC(CC)C(CNC(=NC)NCc1ccc(C(=O)N(C)C)cc1)N1CCOCC1.I. The molecule has 0 spiro atoms. The van der Waals surface area contributed by atoms with Crippen molar-refractivity contribution in [3.8, 4) is 0 Å². The van der Waals surface area contributed by atoms with Gasteiger partial charge in [-0.05, 0) is 23.6 Å². The molecule has 1 aliphatic heterocycles. The number of morpholine rings is 1. The van der Waals surface area contributed by atoms with Gasteiger partial charge in [0.15, 0.2) is 5.96 Å². The zero-order valence-corrected chi connectivity index (χ0v) is 22.0. The molecule has 1 aromatic rings. The molecule has 1 fully saturated rings. The maximum absolute atomic E-state index is 12.0. The molecule has 1 atom stereocenters. The van der Waals surface area contributed by atoms with Gasteiger partial charge in [0.25, 0.3) is 5.91 Å². The Hall–Kier alpha value is -1.39. The number of nitrogens with one attached hydrogen (secondary N) is 2. The maximum atomic E-state index is 12.0. The molecule has 0 aliphatic carbocycles. The molecule has 8 heteroatoms. The fourth-order valence-electron chi connectivity index (χ4n) is 3.97. The zero-order valence-electron chi connectivity index (χ0n) is 19.7. The second-order valence-electron chi connectivity index (χ2n) is 8.00. The van der Waals surface area contributed by atoms with Crippen molar-refractivity contribution in [2.45, 2.75) is 39.3 Å². The summed E-state index contributed by atoms with van der Waals surface area (Å²) in [5.74, 6) is 1.46. The molecule has 2 rings (SSSR count). The number of carbonyl (C=O) groups is 1. The number of amides is 1. The zero-order chi connectivity index (χ0) is 21.9. The number of ether oxygens (including phenoxy) is 1. The minimum absolute atomic E-state index is 0. The summed E-state index contributed by atoms with van der Waals surface area (Å²) >= 11 is 0. The van der Waals surface area contributed by atoms with Crippen molar-refractivity contribution in [1.29, 1.82) is 0 Å². The van der Waals surface area contributed by atoms with E-state index in [-0.39, 0.29) is 29.9 Å². The van der Waals surface area contributed by atoms with Crippen molar-refractivity contribution in [3.05, 3.63) is 35.4 Å². The summed E-state index contributed by atoms with van der Waals surface area (Å²) in [4.78, 5) is 20.6. The van der Waals surface area contributed by atoms with Crippen LogP contribution in [0.1, 0.15) is 42.6 Å². The van der Waals surface area contributed by atoms with E-state index >= 15 is 0 Å². The van der Waals surface area contributed by atoms with Crippen LogP contribution in [-0.2, 0) is 11.3 Å². The van der Waals surface area contributed by atoms with Crippen LogP contribution in [0.3, 0.4) is 0 Å². The molecule has 31 heavy (non-hydrogen) atoms. The molecule has 0 bridgehead atoms. The van der Waals surface area contributed by atoms with Crippen LogP contribution in [0.25, 0.3) is 0 Å². The number of hydrogen-bond donors (Lipinski definition) is 2. The Morgan fingerprint density at radius 3 is 2.26 bits per heavy atom. The summed E-state index contributed by atoms with van der Waals surface area (Å²) in [5.41, 5.74) is 1.81. The lowest BCUT2D eigenvalue weighted by molar-refractivity contribution is 0.00272. The first-order valence-electron chi connectivity index (χ1n) is 11.1. The van der Waals surface area contributed by atoms with Gasteiger partial charge in [0, 0.05) is 58.9 Å². The highest BCUT2D eigenvalue weighted by Gasteiger charge is 2.27. The number of benzene rings is 1. The van der Waals surface area contributed by atoms with E-state index in [1.165, 1.54) is 12.8 Å². The Morgan fingerprint density at radius 1 is 1.13 bits per heavy atom. The summed E-state index contributed by atoms with van der Waals surface area (Å²) in [5, 5.41) is 6.92. The normalized spacial score (nSPS) is 15.9. The third-order valence-electron chi connectivity index (χ3n) is 5.88. The predicted octanol–water partition coefficient (Wildman–Crippen LogP) is 2.81. The van der Waals surface area contributed by atoms with E-state index in [9.17, 15) is 4.79 Å². The number of halogens is 1. The summed E-state index contributed by atoms with van der Waals surface area (Å²) in [6, 6.07) is 8.18. The van der Waals surface area contributed by atoms with Gasteiger partial charge in [0.1, 0.15) is 0 Å². The highest BCUT2D eigenvalue weighted by molar-refractivity contribution is 14.0. The van der Waals surface area contributed by atoms with Gasteiger partial charge in [0.2, 0.25) is 0 Å². The van der Waals surface area contributed by atoms with Crippen LogP contribution < -0.4 is 10.6 Å². The van der Waals surface area contributed by atoms with Gasteiger partial charge in [0.05, 0.1) is 13.2 Å². The van der Waals surface area contributed by atoms with Crippen molar-refractivity contribution in [2.75, 3.05) is 54.0 Å². The predicted molar refractivity (Wildman–Crippen MR) is 138 cm³/mol. The minimum atomic E-state index is 0. The third-order valence-corrected chi connectivity index (χ3v) is 5.88. The van der Waals surface area contributed by atoms with E-state index < -0.39 is 0 Å². The number of guanidine groups is 1. The number of nitrogens with zero attached hydrogens (tertiary/aromatic N) is 3. The minimum Gasteiger partial charge on any atom is -0.379 e. The monoisotopic (exact) mass is 545 g/mol. The van der Waals surface area contributed by atoms with Crippen LogP contribution in [0.5, 0.6) is 0 Å². The Labute approximate surface area is 205 Å². The van der Waals surface area contributed by atoms with Gasteiger partial charge >= 0.3 is 0 Å². The van der Waals surface area contributed by atoms with E-state index in [1.807, 2.05) is 24.3 Å². The molecule has 2 N–H and O–H groups in total. The Bertz CT molecular complexity index is 671. The molecule has 7 nitrogen and oxygen atoms in total. The van der Waals surface area contributed by atoms with Gasteiger partial charge in [-0.2, -0.15) is 0 Å². The molecule has 1 aliphatic rings. The van der Waals surface area contributed by atoms with Crippen LogP contribution >= 0.6 is 24.0 Å². The van der Waals surface area contributed by atoms with Crippen molar-refractivity contribution >= 4 is 35.8 Å². The van der Waals surface area contributed by atoms with Crippen molar-refractivity contribution < 1.29 is 9.53 Å². The number of aliphatic imine (C=N–C) groups is 1. The van der Waals surface area contributed by atoms with Crippen molar-refractivity contribution in [3.63, 3.8) is 0 Å². The van der Waals surface area contributed by atoms with Crippen LogP contribution in [0.2, 0.25) is 0 Å². The lowest BCUT2D eigenvalue weighted by atomic mass is 9.92. The average molecular weight is 546 g/mol. The van der Waals surface area contributed by atoms with E-state index in [0.717, 1.165) is 44.4 Å². The summed E-state index contributed by atoms with van der Waals surface area (Å²) < 4.78 is 5.55. The van der Waals surface area contributed by atoms with E-state index in [0.29, 0.717) is 24.1 Å². The van der Waals surface area contributed by atoms with Gasteiger partial charge in [-0.15, -0.1) is 24.0 Å². The van der Waals surface area contributed by atoms with Crippen molar-refractivity contribution in [1.82, 2.24) is 20.4 Å². The highest BCUT2D eigenvalue weighted by Crippen LogP contribution is 2.19. The van der Waals surface area contributed by atoms with Crippen LogP contribution in [0, 0.1) is 5.92 Å². The molecule has 1 amide bonds. The summed E-state index contributed by atoms with van der Waals surface area (Å²) in [7, 11) is 5.33. The molecule has 1 aromatic carbocycles. The lowest BCUT2D eigenvalue weighted by Gasteiger charge is -2.39. The second-order valence-corrected chi connectivity index (χ2v) is 8.00. The molecule has 176 valence electrons. The van der Waals surface area contributed by atoms with E-state index in [4.69, 9.17) is 4.74 Å². The first kappa shape index (κ1) is 27.6. The van der Waals surface area contributed by atoms with E-state index in [2.05, 4.69) is 34.4 Å². The lowest BCUT2D eigenvalue weighted by Crippen LogP contribution is -2.53. The van der Waals surface area contributed by atoms with Crippen LogP contribution in [-0.4, -0.2) is 81.7 Å². The largest absolute Gasteiger partial charge is 0.379 e. The maximum Gasteiger partial charge on any atom is 0.253 e. The average Bonchev–Trinajstić information content (AvgIpc) is 2.78. The molecular formula is C23H40IN5O2. The molecule has 1 saturated heterocycles. The first-order chi connectivity index (χ1) is 14.5. The Balaban J connectivity index is 0.00000480. The molecular weight excluding hydrogens is 505 g/mol. The molecule has 1 unspecified atom stereocenters. The van der Waals surface area contributed by atoms with Gasteiger partial charge in [-0.25, -0.2) is 0 Å². The van der Waals surface area contributed by atoms with E-state index in [1.54, 1.807) is 26.0 Å². The molecule has 0 radical (unpaired) electrons. The summed E-state index contributed by atoms with van der Waals surface area (Å²) in [6.45, 7) is 9.69. The topological polar surface area (TPSA) is 69.2 Å². The fraction of sp³-hybridized carbons (Fsp3) is 0.652. The van der Waals surface area contributed by atoms with Gasteiger partial charge in [-0.3, -0.25) is 14.7 Å². The standard InChI is InChI=1S/C23H39N5O2.HI/c1-6-19(7-2)21(28-12-14-30-15-13-28)17-26-23(24-3)25-16-18-8-10-20(11-9-18)22(29)27(4)5;/h8-11,19,21H,6-7,12-17H2,1-5H3,(H2,24,25,26);1H. The second kappa shape index (κ2) is 14.6. The third kappa shape index (κ3) is 8.57. The number of carbonyl (C=O) groups excluding carboxylic acids is 1. The Kier molecular flexibility index (Phi) is 13.0. The smallest absolute Gasteiger partial charge is 0.253 e. The first-order valence-corrected chi connectivity index (χ1v) is 11.1. The van der Waals surface area contributed by atoms with Crippen LogP contribution in [0.4, 0.5) is 0 Å². The fourth-order valence-corrected chi connectivity index (χ4v) is 3.97. The molecule has 0 aromatic heterocycles. The highest BCUT2D eigenvalue weighted by atomic mass is 127. The van der Waals surface area contributed by atoms with Gasteiger partial charge < -0.3 is 20.3 Å². The molecule has 0 saturated carbocycles. The number of hydrogen-bond acceptors (Lipinski definition) is 4. The van der Waals surface area contributed by atoms with Crippen LogP contribution in [0.15, 0.2) is 29.3 Å². The quantitative estimate of drug-likeness (QED) is 0.284. The summed E-state index contributed by atoms with van der Waals surface area (Å²) in [6.07, 6.45) is 2.34. The van der Waals surface area contributed by atoms with Gasteiger partial charge in [-0.1, -0.05) is 38.8 Å². The number of rotatable bonds is 9. The van der Waals surface area contributed by atoms with Crippen molar-refractivity contribution in [2.24, 2.45) is 10.9 Å². The molecule has 1 heterocycles.